The lowest BCUT2D eigenvalue weighted by Gasteiger charge is -2.09. The van der Waals surface area contributed by atoms with Crippen molar-refractivity contribution in [2.24, 2.45) is 5.92 Å². The molecule has 1 aromatic rings. The zero-order chi connectivity index (χ0) is 12.1. The van der Waals surface area contributed by atoms with Crippen LogP contribution >= 0.6 is 0 Å². The van der Waals surface area contributed by atoms with Gasteiger partial charge in [-0.15, -0.1) is 0 Å². The van der Waals surface area contributed by atoms with E-state index < -0.39 is 17.8 Å². The highest BCUT2D eigenvalue weighted by Crippen LogP contribution is 2.08. The van der Waals surface area contributed by atoms with E-state index in [0.29, 0.717) is 5.69 Å². The van der Waals surface area contributed by atoms with Crippen molar-refractivity contribution in [3.05, 3.63) is 24.0 Å². The predicted octanol–water partition coefficient (Wildman–Crippen LogP) is 0.114. The standard InChI is InChI=1S/C10H13N3O3/c1-6(10(15)16)4-13-9(14)7-5-12-3-2-8(7)11/h2-3,5-6H,4H2,1H3,(H2,11,12)(H,13,14)(H,15,16). The Balaban J connectivity index is 2.60. The van der Waals surface area contributed by atoms with E-state index in [1.54, 1.807) is 0 Å². The minimum atomic E-state index is -0.959. The number of aliphatic carboxylic acids is 1. The molecule has 16 heavy (non-hydrogen) atoms. The van der Waals surface area contributed by atoms with Gasteiger partial charge in [-0.05, 0) is 6.07 Å². The Bertz CT molecular complexity index is 406. The number of nitrogens with one attached hydrogen (secondary N) is 1. The van der Waals surface area contributed by atoms with Crippen molar-refractivity contribution in [1.82, 2.24) is 10.3 Å². The van der Waals surface area contributed by atoms with E-state index >= 15 is 0 Å². The summed E-state index contributed by atoms with van der Waals surface area (Å²) in [5.74, 6) is -2.01. The topological polar surface area (TPSA) is 105 Å². The first-order chi connectivity index (χ1) is 7.52. The Kier molecular flexibility index (Phi) is 3.82. The molecule has 1 unspecified atom stereocenters. The Hall–Kier alpha value is -2.11. The number of amides is 1. The van der Waals surface area contributed by atoms with Crippen LogP contribution in [0, 0.1) is 5.92 Å². The zero-order valence-corrected chi connectivity index (χ0v) is 8.80. The fourth-order valence-electron chi connectivity index (χ4n) is 1.02. The number of nitrogens with two attached hydrogens (primary N) is 1. The van der Waals surface area contributed by atoms with Gasteiger partial charge >= 0.3 is 5.97 Å². The second kappa shape index (κ2) is 5.11. The molecule has 0 radical (unpaired) electrons. The van der Waals surface area contributed by atoms with E-state index in [1.807, 2.05) is 0 Å². The molecule has 0 aromatic carbocycles. The Morgan fingerprint density at radius 3 is 2.88 bits per heavy atom. The van der Waals surface area contributed by atoms with Crippen LogP contribution in [0.4, 0.5) is 5.69 Å². The first-order valence-corrected chi connectivity index (χ1v) is 4.73. The second-order valence-corrected chi connectivity index (χ2v) is 3.41. The van der Waals surface area contributed by atoms with Crippen LogP contribution in [0.25, 0.3) is 0 Å². The molecular formula is C10H13N3O3. The molecular weight excluding hydrogens is 210 g/mol. The summed E-state index contributed by atoms with van der Waals surface area (Å²) in [5, 5.41) is 11.1. The predicted molar refractivity (Wildman–Crippen MR) is 57.8 cm³/mol. The van der Waals surface area contributed by atoms with Gasteiger partial charge in [0.2, 0.25) is 0 Å². The monoisotopic (exact) mass is 223 g/mol. The fraction of sp³-hybridized carbons (Fsp3) is 0.300. The van der Waals surface area contributed by atoms with Gasteiger partial charge in [0, 0.05) is 24.6 Å². The summed E-state index contributed by atoms with van der Waals surface area (Å²) in [4.78, 5) is 25.9. The summed E-state index contributed by atoms with van der Waals surface area (Å²) in [7, 11) is 0. The van der Waals surface area contributed by atoms with Crippen LogP contribution in [0.1, 0.15) is 17.3 Å². The van der Waals surface area contributed by atoms with Crippen LogP contribution < -0.4 is 11.1 Å². The normalized spacial score (nSPS) is 11.8. The van der Waals surface area contributed by atoms with Gasteiger partial charge in [0.25, 0.3) is 5.91 Å². The minimum absolute atomic E-state index is 0.0580. The van der Waals surface area contributed by atoms with Gasteiger partial charge < -0.3 is 16.2 Å². The summed E-state index contributed by atoms with van der Waals surface area (Å²) in [6.45, 7) is 1.57. The van der Waals surface area contributed by atoms with Gasteiger partial charge in [-0.25, -0.2) is 0 Å². The van der Waals surface area contributed by atoms with Gasteiger partial charge in [0.05, 0.1) is 11.5 Å². The lowest BCUT2D eigenvalue weighted by molar-refractivity contribution is -0.140. The molecule has 0 fully saturated rings. The molecule has 86 valence electrons. The van der Waals surface area contributed by atoms with Gasteiger partial charge in [0.15, 0.2) is 0 Å². The number of carboxylic acids is 1. The number of anilines is 1. The van der Waals surface area contributed by atoms with Crippen LogP contribution in [0.3, 0.4) is 0 Å². The molecule has 0 aliphatic heterocycles. The third-order valence-corrected chi connectivity index (χ3v) is 2.09. The van der Waals surface area contributed by atoms with Crippen LogP contribution in [0.5, 0.6) is 0 Å². The van der Waals surface area contributed by atoms with E-state index in [9.17, 15) is 9.59 Å². The number of nitrogen functional groups attached to an aromatic ring is 1. The molecule has 1 rings (SSSR count). The minimum Gasteiger partial charge on any atom is -0.481 e. The van der Waals surface area contributed by atoms with Crippen LogP contribution in [0.2, 0.25) is 0 Å². The van der Waals surface area contributed by atoms with E-state index in [0.717, 1.165) is 0 Å². The molecule has 1 aromatic heterocycles. The van der Waals surface area contributed by atoms with Crippen LogP contribution in [-0.4, -0.2) is 28.5 Å². The van der Waals surface area contributed by atoms with Gasteiger partial charge in [-0.3, -0.25) is 14.6 Å². The van der Waals surface area contributed by atoms with Crippen molar-refractivity contribution >= 4 is 17.6 Å². The van der Waals surface area contributed by atoms with Crippen molar-refractivity contribution < 1.29 is 14.7 Å². The number of nitrogens with zero attached hydrogens (tertiary/aromatic N) is 1. The van der Waals surface area contributed by atoms with Crippen molar-refractivity contribution in [2.45, 2.75) is 6.92 Å². The Morgan fingerprint density at radius 2 is 2.31 bits per heavy atom. The number of hydrogen-bond donors (Lipinski definition) is 3. The van der Waals surface area contributed by atoms with Crippen LogP contribution in [0.15, 0.2) is 18.5 Å². The summed E-state index contributed by atoms with van der Waals surface area (Å²) in [5.41, 5.74) is 6.14. The summed E-state index contributed by atoms with van der Waals surface area (Å²) < 4.78 is 0. The lowest BCUT2D eigenvalue weighted by Crippen LogP contribution is -2.31. The molecule has 0 saturated heterocycles. The number of aromatic nitrogens is 1. The lowest BCUT2D eigenvalue weighted by atomic mass is 10.1. The number of pyridine rings is 1. The van der Waals surface area contributed by atoms with Gasteiger partial charge in [-0.1, -0.05) is 6.92 Å². The first kappa shape index (κ1) is 12.0. The number of rotatable bonds is 4. The van der Waals surface area contributed by atoms with Crippen molar-refractivity contribution in [2.75, 3.05) is 12.3 Å². The first-order valence-electron chi connectivity index (χ1n) is 4.73. The van der Waals surface area contributed by atoms with Crippen LogP contribution in [-0.2, 0) is 4.79 Å². The number of carbonyl (C=O) groups is 2. The maximum Gasteiger partial charge on any atom is 0.308 e. The Labute approximate surface area is 92.5 Å². The molecule has 1 heterocycles. The Morgan fingerprint density at radius 1 is 1.62 bits per heavy atom. The largest absolute Gasteiger partial charge is 0.481 e. The van der Waals surface area contributed by atoms with E-state index in [-0.39, 0.29) is 12.1 Å². The smallest absolute Gasteiger partial charge is 0.308 e. The molecule has 1 atom stereocenters. The number of carboxylic acid groups (broad SMARTS) is 1. The SMILES string of the molecule is CC(CNC(=O)c1cnccc1N)C(=O)O. The second-order valence-electron chi connectivity index (χ2n) is 3.41. The summed E-state index contributed by atoms with van der Waals surface area (Å²) in [6, 6.07) is 1.51. The average molecular weight is 223 g/mol. The molecule has 6 nitrogen and oxygen atoms in total. The van der Waals surface area contributed by atoms with Crippen molar-refractivity contribution in [3.63, 3.8) is 0 Å². The fourth-order valence-corrected chi connectivity index (χ4v) is 1.02. The molecule has 4 N–H and O–H groups in total. The highest BCUT2D eigenvalue weighted by atomic mass is 16.4. The third-order valence-electron chi connectivity index (χ3n) is 2.09. The van der Waals surface area contributed by atoms with E-state index in [1.165, 1.54) is 25.4 Å². The summed E-state index contributed by atoms with van der Waals surface area (Å²) in [6.07, 6.45) is 2.82. The quantitative estimate of drug-likeness (QED) is 0.672. The average Bonchev–Trinajstić information content (AvgIpc) is 2.25. The highest BCUT2D eigenvalue weighted by molar-refractivity contribution is 5.98. The van der Waals surface area contributed by atoms with E-state index in [4.69, 9.17) is 10.8 Å². The highest BCUT2D eigenvalue weighted by Gasteiger charge is 2.14. The zero-order valence-electron chi connectivity index (χ0n) is 8.80. The molecule has 0 spiro atoms. The molecule has 0 saturated carbocycles. The molecule has 0 bridgehead atoms. The maximum atomic E-state index is 11.6. The molecule has 0 aliphatic carbocycles. The van der Waals surface area contributed by atoms with Gasteiger partial charge in [-0.2, -0.15) is 0 Å². The molecule has 0 aliphatic rings. The molecule has 1 amide bonds. The molecule has 6 heteroatoms. The van der Waals surface area contributed by atoms with Crippen molar-refractivity contribution in [1.29, 1.82) is 0 Å². The number of carbonyl (C=O) groups excluding carboxylic acids is 1. The van der Waals surface area contributed by atoms with E-state index in [2.05, 4.69) is 10.3 Å². The van der Waals surface area contributed by atoms with Gasteiger partial charge in [0.1, 0.15) is 0 Å². The summed E-state index contributed by atoms with van der Waals surface area (Å²) >= 11 is 0. The maximum absolute atomic E-state index is 11.6. The van der Waals surface area contributed by atoms with Crippen molar-refractivity contribution in [3.8, 4) is 0 Å². The third kappa shape index (κ3) is 2.94. The number of hydrogen-bond acceptors (Lipinski definition) is 4.